The second-order valence-corrected chi connectivity index (χ2v) is 5.70. The van der Waals surface area contributed by atoms with Gasteiger partial charge in [-0.15, -0.1) is 0 Å². The highest BCUT2D eigenvalue weighted by Gasteiger charge is 2.13. The van der Waals surface area contributed by atoms with E-state index < -0.39 is 0 Å². The Kier molecular flexibility index (Phi) is 5.14. The third-order valence-electron chi connectivity index (χ3n) is 3.65. The Bertz CT molecular complexity index is 397. The number of rotatable bonds is 5. The maximum Gasteiger partial charge on any atom is 0.133 e. The van der Waals surface area contributed by atoms with Crippen LogP contribution in [0.15, 0.2) is 6.07 Å². The number of nitrogens with one attached hydrogen (secondary N) is 2. The molecule has 1 saturated heterocycles. The molecule has 4 nitrogen and oxygen atoms in total. The first-order chi connectivity index (χ1) is 9.19. The predicted molar refractivity (Wildman–Crippen MR) is 79.6 cm³/mol. The van der Waals surface area contributed by atoms with Gasteiger partial charge in [0.25, 0.3) is 0 Å². The second-order valence-electron chi connectivity index (χ2n) is 5.70. The van der Waals surface area contributed by atoms with Gasteiger partial charge in [-0.05, 0) is 38.3 Å². The summed E-state index contributed by atoms with van der Waals surface area (Å²) in [6.07, 6.45) is 3.55. The third-order valence-corrected chi connectivity index (χ3v) is 3.65. The van der Waals surface area contributed by atoms with E-state index >= 15 is 0 Å². The van der Waals surface area contributed by atoms with Crippen LogP contribution in [-0.4, -0.2) is 29.6 Å². The zero-order chi connectivity index (χ0) is 13.7. The summed E-state index contributed by atoms with van der Waals surface area (Å²) < 4.78 is 0. The molecule has 2 N–H and O–H groups in total. The highest BCUT2D eigenvalue weighted by molar-refractivity contribution is 5.36. The lowest BCUT2D eigenvalue weighted by Gasteiger charge is -2.23. The molecule has 0 radical (unpaired) electrons. The van der Waals surface area contributed by atoms with E-state index in [-0.39, 0.29) is 0 Å². The molecule has 0 spiro atoms. The molecule has 1 aromatic rings. The average Bonchev–Trinajstić information content (AvgIpc) is 2.45. The first kappa shape index (κ1) is 14.3. The van der Waals surface area contributed by atoms with Gasteiger partial charge in [0, 0.05) is 24.2 Å². The van der Waals surface area contributed by atoms with Gasteiger partial charge in [-0.25, -0.2) is 9.97 Å². The van der Waals surface area contributed by atoms with Crippen molar-refractivity contribution in [3.63, 3.8) is 0 Å². The van der Waals surface area contributed by atoms with Gasteiger partial charge in [0.05, 0.1) is 0 Å². The van der Waals surface area contributed by atoms with Crippen LogP contribution in [0.2, 0.25) is 0 Å². The Morgan fingerprint density at radius 2 is 2.26 bits per heavy atom. The molecule has 106 valence electrons. The zero-order valence-electron chi connectivity index (χ0n) is 12.4. The molecule has 2 heterocycles. The van der Waals surface area contributed by atoms with Gasteiger partial charge >= 0.3 is 0 Å². The van der Waals surface area contributed by atoms with Crippen LogP contribution >= 0.6 is 0 Å². The van der Waals surface area contributed by atoms with Gasteiger partial charge < -0.3 is 10.6 Å². The molecule has 1 unspecified atom stereocenters. The Balaban J connectivity index is 2.00. The summed E-state index contributed by atoms with van der Waals surface area (Å²) in [5, 5.41) is 6.94. The van der Waals surface area contributed by atoms with E-state index in [0.29, 0.717) is 5.92 Å². The molecule has 2 rings (SSSR count). The minimum atomic E-state index is 0.378. The topological polar surface area (TPSA) is 49.8 Å². The first-order valence-corrected chi connectivity index (χ1v) is 7.51. The number of aromatic nitrogens is 2. The standard InChI is InChI=1S/C15H26N4/c1-4-13-8-14(19-15(18-13)11(2)3)17-10-12-6-5-7-16-9-12/h8,11-12,16H,4-7,9-10H2,1-3H3,(H,17,18,19). The zero-order valence-corrected chi connectivity index (χ0v) is 12.4. The highest BCUT2D eigenvalue weighted by atomic mass is 15.0. The van der Waals surface area contributed by atoms with Gasteiger partial charge in [-0.3, -0.25) is 0 Å². The van der Waals surface area contributed by atoms with Crippen LogP contribution in [-0.2, 0) is 6.42 Å². The number of hydrogen-bond donors (Lipinski definition) is 2. The molecule has 1 atom stereocenters. The quantitative estimate of drug-likeness (QED) is 0.856. The van der Waals surface area contributed by atoms with Gasteiger partial charge in [-0.1, -0.05) is 20.8 Å². The van der Waals surface area contributed by atoms with Gasteiger partial charge in [0.1, 0.15) is 11.6 Å². The van der Waals surface area contributed by atoms with Crippen molar-refractivity contribution in [2.45, 2.75) is 46.0 Å². The Morgan fingerprint density at radius 3 is 2.89 bits per heavy atom. The van der Waals surface area contributed by atoms with Crippen molar-refractivity contribution in [1.82, 2.24) is 15.3 Å². The van der Waals surface area contributed by atoms with Crippen molar-refractivity contribution in [2.24, 2.45) is 5.92 Å². The summed E-state index contributed by atoms with van der Waals surface area (Å²) >= 11 is 0. The summed E-state index contributed by atoms with van der Waals surface area (Å²) in [4.78, 5) is 9.21. The molecule has 0 aromatic carbocycles. The lowest BCUT2D eigenvalue weighted by Crippen LogP contribution is -2.33. The number of nitrogens with zero attached hydrogens (tertiary/aromatic N) is 2. The van der Waals surface area contributed by atoms with E-state index in [9.17, 15) is 0 Å². The first-order valence-electron chi connectivity index (χ1n) is 7.51. The van der Waals surface area contributed by atoms with E-state index in [1.165, 1.54) is 19.4 Å². The van der Waals surface area contributed by atoms with Crippen LogP contribution < -0.4 is 10.6 Å². The van der Waals surface area contributed by atoms with Crippen molar-refractivity contribution >= 4 is 5.82 Å². The van der Waals surface area contributed by atoms with Crippen molar-refractivity contribution in [3.05, 3.63) is 17.6 Å². The van der Waals surface area contributed by atoms with E-state index in [1.807, 2.05) is 0 Å². The van der Waals surface area contributed by atoms with Crippen LogP contribution in [0, 0.1) is 5.92 Å². The lowest BCUT2D eigenvalue weighted by molar-refractivity contribution is 0.392. The van der Waals surface area contributed by atoms with Crippen LogP contribution in [0.4, 0.5) is 5.82 Å². The minimum Gasteiger partial charge on any atom is -0.370 e. The molecule has 0 aliphatic carbocycles. The van der Waals surface area contributed by atoms with E-state index in [0.717, 1.165) is 42.8 Å². The van der Waals surface area contributed by atoms with E-state index in [2.05, 4.69) is 47.4 Å². The molecule has 0 amide bonds. The van der Waals surface area contributed by atoms with Gasteiger partial charge in [0.2, 0.25) is 0 Å². The molecule has 1 aliphatic rings. The second kappa shape index (κ2) is 6.85. The summed E-state index contributed by atoms with van der Waals surface area (Å²) in [6, 6.07) is 2.09. The van der Waals surface area contributed by atoms with Crippen molar-refractivity contribution < 1.29 is 0 Å². The Labute approximate surface area is 116 Å². The fraction of sp³-hybridized carbons (Fsp3) is 0.733. The van der Waals surface area contributed by atoms with E-state index in [1.54, 1.807) is 0 Å². The number of piperidine rings is 1. The minimum absolute atomic E-state index is 0.378. The molecule has 0 saturated carbocycles. The molecule has 0 bridgehead atoms. The molecule has 19 heavy (non-hydrogen) atoms. The summed E-state index contributed by atoms with van der Waals surface area (Å²) in [5.74, 6) is 3.03. The number of anilines is 1. The maximum atomic E-state index is 4.62. The van der Waals surface area contributed by atoms with E-state index in [4.69, 9.17) is 0 Å². The lowest BCUT2D eigenvalue weighted by atomic mass is 10.00. The van der Waals surface area contributed by atoms with Crippen molar-refractivity contribution in [1.29, 1.82) is 0 Å². The highest BCUT2D eigenvalue weighted by Crippen LogP contribution is 2.16. The smallest absolute Gasteiger partial charge is 0.133 e. The maximum absolute atomic E-state index is 4.62. The van der Waals surface area contributed by atoms with Crippen LogP contribution in [0.3, 0.4) is 0 Å². The monoisotopic (exact) mass is 262 g/mol. The normalized spacial score (nSPS) is 19.7. The molecule has 1 fully saturated rings. The van der Waals surface area contributed by atoms with Gasteiger partial charge in [-0.2, -0.15) is 0 Å². The molecule has 4 heteroatoms. The van der Waals surface area contributed by atoms with Crippen LogP contribution in [0.25, 0.3) is 0 Å². The number of hydrogen-bond acceptors (Lipinski definition) is 4. The molecule has 1 aliphatic heterocycles. The Morgan fingerprint density at radius 1 is 1.42 bits per heavy atom. The summed E-state index contributed by atoms with van der Waals surface area (Å²) in [7, 11) is 0. The Hall–Kier alpha value is -1.16. The summed E-state index contributed by atoms with van der Waals surface area (Å²) in [5.41, 5.74) is 1.13. The van der Waals surface area contributed by atoms with Gasteiger partial charge in [0.15, 0.2) is 0 Å². The SMILES string of the molecule is CCc1cc(NCC2CCCNC2)nc(C(C)C)n1. The van der Waals surface area contributed by atoms with Crippen LogP contribution in [0.1, 0.15) is 51.0 Å². The summed E-state index contributed by atoms with van der Waals surface area (Å²) in [6.45, 7) is 9.72. The largest absolute Gasteiger partial charge is 0.370 e. The number of aryl methyl sites for hydroxylation is 1. The van der Waals surface area contributed by atoms with Crippen molar-refractivity contribution in [2.75, 3.05) is 25.0 Å². The molecular formula is C15H26N4. The van der Waals surface area contributed by atoms with Crippen molar-refractivity contribution in [3.8, 4) is 0 Å². The molecular weight excluding hydrogens is 236 g/mol. The third kappa shape index (κ3) is 4.16. The van der Waals surface area contributed by atoms with Crippen LogP contribution in [0.5, 0.6) is 0 Å². The average molecular weight is 262 g/mol. The predicted octanol–water partition coefficient (Wildman–Crippen LogP) is 2.57. The fourth-order valence-corrected chi connectivity index (χ4v) is 2.39. The molecule has 1 aromatic heterocycles. The fourth-order valence-electron chi connectivity index (χ4n) is 2.39.